The van der Waals surface area contributed by atoms with Crippen LogP contribution >= 0.6 is 0 Å². The minimum atomic E-state index is -1.08. The van der Waals surface area contributed by atoms with Gasteiger partial charge < -0.3 is 20.8 Å². The summed E-state index contributed by atoms with van der Waals surface area (Å²) in [5.41, 5.74) is 3.86. The van der Waals surface area contributed by atoms with Crippen molar-refractivity contribution in [2.24, 2.45) is 0 Å². The Kier molecular flexibility index (Phi) is 7.58. The van der Waals surface area contributed by atoms with Crippen molar-refractivity contribution >= 4 is 28.3 Å². The average molecular weight is 480 g/mol. The van der Waals surface area contributed by atoms with Gasteiger partial charge in [-0.15, -0.1) is 0 Å². The molecule has 4 aromatic rings. The van der Waals surface area contributed by atoms with E-state index in [1.54, 1.807) is 18.5 Å². The van der Waals surface area contributed by atoms with Gasteiger partial charge in [0, 0.05) is 36.2 Å². The van der Waals surface area contributed by atoms with Gasteiger partial charge in [0.15, 0.2) is 0 Å². The van der Waals surface area contributed by atoms with Crippen molar-refractivity contribution in [3.8, 4) is 11.3 Å². The van der Waals surface area contributed by atoms with E-state index in [1.807, 2.05) is 42.5 Å². The van der Waals surface area contributed by atoms with E-state index in [0.29, 0.717) is 52.3 Å². The van der Waals surface area contributed by atoms with Crippen molar-refractivity contribution < 1.29 is 14.4 Å². The van der Waals surface area contributed by atoms with Crippen LogP contribution in [0.4, 0.5) is 17.5 Å². The summed E-state index contributed by atoms with van der Waals surface area (Å²) in [6, 6.07) is 15.4. The molecule has 0 radical (unpaired) electrons. The van der Waals surface area contributed by atoms with Gasteiger partial charge in [-0.25, -0.2) is 4.98 Å². The smallest absolute Gasteiger partial charge is 0.229 e. The second-order valence-electron chi connectivity index (χ2n) is 7.38. The lowest BCUT2D eigenvalue weighted by molar-refractivity contribution is 0.169. The Labute approximate surface area is 199 Å². The first-order chi connectivity index (χ1) is 16.7. The van der Waals surface area contributed by atoms with Gasteiger partial charge >= 0.3 is 0 Å². The van der Waals surface area contributed by atoms with E-state index in [0.717, 1.165) is 18.2 Å². The van der Waals surface area contributed by atoms with Gasteiger partial charge in [0.05, 0.1) is 28.7 Å². The Balaban J connectivity index is 0.00000133. The van der Waals surface area contributed by atoms with E-state index < -0.39 is 16.9 Å². The second kappa shape index (κ2) is 11.0. The maximum atomic E-state index is 12.2. The molecule has 0 fully saturated rings. The Morgan fingerprint density at radius 2 is 1.97 bits per heavy atom. The number of aliphatic hydroxyl groups excluding tert-OH is 2. The Morgan fingerprint density at radius 3 is 2.74 bits per heavy atom. The summed E-state index contributed by atoms with van der Waals surface area (Å²) in [5.74, 6) is 1.47. The number of nitrogens with one attached hydrogen (secondary N) is 3. The monoisotopic (exact) mass is 479 g/mol. The number of aromatic nitrogens is 5. The van der Waals surface area contributed by atoms with E-state index in [9.17, 15) is 9.32 Å². The van der Waals surface area contributed by atoms with Crippen LogP contribution in [0.1, 0.15) is 23.7 Å². The van der Waals surface area contributed by atoms with Crippen molar-refractivity contribution in [2.75, 3.05) is 23.5 Å². The summed E-state index contributed by atoms with van der Waals surface area (Å²) in [7, 11) is -0.0804. The number of hydrogen-bond acceptors (Lipinski definition) is 9. The fourth-order valence-electron chi connectivity index (χ4n) is 3.58. The van der Waals surface area contributed by atoms with Gasteiger partial charge in [0.2, 0.25) is 5.95 Å². The van der Waals surface area contributed by atoms with E-state index >= 15 is 0 Å². The second-order valence-corrected chi connectivity index (χ2v) is 8.92. The third-order valence-corrected chi connectivity index (χ3v) is 6.70. The van der Waals surface area contributed by atoms with Crippen molar-refractivity contribution in [1.82, 2.24) is 25.4 Å². The van der Waals surface area contributed by atoms with Gasteiger partial charge in [-0.2, -0.15) is 20.4 Å². The highest BCUT2D eigenvalue weighted by Crippen LogP contribution is 2.33. The molecule has 0 spiro atoms. The molecule has 2 unspecified atom stereocenters. The Bertz CT molecular complexity index is 1250. The number of anilines is 3. The van der Waals surface area contributed by atoms with Crippen LogP contribution in [0.25, 0.3) is 11.3 Å². The molecule has 0 saturated carbocycles. The standard InChI is InChI=1S/C22H21N7O2S.CH4O/c30-19-8-9-32(31)20-7-6-15(10-16(19)20)26-22-24-12-17(18-13-25-29-28-18)21(27-22)23-11-14-4-2-1-3-5-14;1-2/h1-7,10,12-13,19,30H,8-9,11H2,(H,25,28,29)(H2,23,24,26,27);2H,1H3. The van der Waals surface area contributed by atoms with Crippen molar-refractivity contribution in [3.63, 3.8) is 0 Å². The molecule has 34 heavy (non-hydrogen) atoms. The predicted molar refractivity (Wildman–Crippen MR) is 130 cm³/mol. The number of hydrogen-bond donors (Lipinski definition) is 5. The zero-order chi connectivity index (χ0) is 23.9. The molecule has 11 heteroatoms. The first-order valence-corrected chi connectivity index (χ1v) is 11.9. The summed E-state index contributed by atoms with van der Waals surface area (Å²) in [6.07, 6.45) is 3.16. The largest absolute Gasteiger partial charge is 0.400 e. The lowest BCUT2D eigenvalue weighted by Crippen LogP contribution is -2.15. The molecule has 2 aromatic heterocycles. The van der Waals surface area contributed by atoms with Crippen LogP contribution in [-0.4, -0.2) is 52.7 Å². The molecule has 0 aliphatic carbocycles. The molecule has 5 N–H and O–H groups in total. The number of nitrogens with zero attached hydrogens (tertiary/aromatic N) is 4. The summed E-state index contributed by atoms with van der Waals surface area (Å²) >= 11 is 0. The number of aliphatic hydroxyl groups is 2. The summed E-state index contributed by atoms with van der Waals surface area (Å²) in [6.45, 7) is 0.582. The summed E-state index contributed by atoms with van der Waals surface area (Å²) < 4.78 is 12.2. The highest BCUT2D eigenvalue weighted by molar-refractivity contribution is 7.85. The molecule has 5 rings (SSSR count). The van der Waals surface area contributed by atoms with Crippen molar-refractivity contribution in [3.05, 3.63) is 72.1 Å². The van der Waals surface area contributed by atoms with Gasteiger partial charge in [-0.3, -0.25) is 4.21 Å². The zero-order valence-electron chi connectivity index (χ0n) is 18.5. The number of fused-ring (bicyclic) bond motifs is 1. The summed E-state index contributed by atoms with van der Waals surface area (Å²) in [5, 5.41) is 34.5. The molecule has 0 amide bonds. The number of rotatable bonds is 6. The zero-order valence-corrected chi connectivity index (χ0v) is 19.3. The Hall–Kier alpha value is -3.67. The van der Waals surface area contributed by atoms with Crippen LogP contribution in [0, 0.1) is 0 Å². The number of aromatic amines is 1. The van der Waals surface area contributed by atoms with Gasteiger partial charge in [0.1, 0.15) is 11.5 Å². The van der Waals surface area contributed by atoms with Crippen molar-refractivity contribution in [1.29, 1.82) is 0 Å². The third-order valence-electron chi connectivity index (χ3n) is 5.23. The minimum Gasteiger partial charge on any atom is -0.400 e. The number of H-pyrrole nitrogens is 1. The van der Waals surface area contributed by atoms with Gasteiger partial charge in [0.25, 0.3) is 0 Å². The SMILES string of the molecule is CO.O=S1CCC(O)c2cc(Nc3ncc(-c4cn[nH]n4)c(NCc4ccccc4)n3)ccc21. The summed E-state index contributed by atoms with van der Waals surface area (Å²) in [4.78, 5) is 9.76. The molecule has 0 saturated heterocycles. The van der Waals surface area contributed by atoms with E-state index in [-0.39, 0.29) is 0 Å². The van der Waals surface area contributed by atoms with Crippen LogP contribution < -0.4 is 10.6 Å². The molecule has 3 heterocycles. The van der Waals surface area contributed by atoms with Gasteiger partial charge in [-0.05, 0) is 35.7 Å². The fourth-order valence-corrected chi connectivity index (χ4v) is 4.92. The van der Waals surface area contributed by atoms with Gasteiger partial charge in [-0.1, -0.05) is 30.3 Å². The highest BCUT2D eigenvalue weighted by Gasteiger charge is 2.23. The lowest BCUT2D eigenvalue weighted by atomic mass is 10.1. The van der Waals surface area contributed by atoms with Crippen LogP contribution in [-0.2, 0) is 17.3 Å². The van der Waals surface area contributed by atoms with Crippen LogP contribution in [0.2, 0.25) is 0 Å². The maximum absolute atomic E-state index is 12.2. The molecular weight excluding hydrogens is 454 g/mol. The fraction of sp³-hybridized carbons (Fsp3) is 0.217. The topological polar surface area (TPSA) is 149 Å². The molecule has 1 aliphatic heterocycles. The maximum Gasteiger partial charge on any atom is 0.229 e. The molecular formula is C23H25N7O3S. The minimum absolute atomic E-state index is 0.388. The quantitative estimate of drug-likeness (QED) is 0.281. The van der Waals surface area contributed by atoms with E-state index in [4.69, 9.17) is 5.11 Å². The predicted octanol–water partition coefficient (Wildman–Crippen LogP) is 2.77. The normalized spacial score (nSPS) is 16.7. The average Bonchev–Trinajstić information content (AvgIpc) is 3.42. The van der Waals surface area contributed by atoms with E-state index in [2.05, 4.69) is 36.0 Å². The lowest BCUT2D eigenvalue weighted by Gasteiger charge is -2.21. The third kappa shape index (κ3) is 5.28. The molecule has 2 aromatic carbocycles. The molecule has 10 nitrogen and oxygen atoms in total. The molecule has 176 valence electrons. The molecule has 0 bridgehead atoms. The van der Waals surface area contributed by atoms with Crippen LogP contribution in [0.15, 0.2) is 65.8 Å². The first-order valence-electron chi connectivity index (χ1n) is 10.6. The van der Waals surface area contributed by atoms with Crippen molar-refractivity contribution in [2.45, 2.75) is 24.0 Å². The highest BCUT2D eigenvalue weighted by atomic mass is 32.2. The number of benzene rings is 2. The van der Waals surface area contributed by atoms with Crippen LogP contribution in [0.5, 0.6) is 0 Å². The first kappa shape index (κ1) is 23.5. The Morgan fingerprint density at radius 1 is 1.15 bits per heavy atom. The van der Waals surface area contributed by atoms with Crippen LogP contribution in [0.3, 0.4) is 0 Å². The van der Waals surface area contributed by atoms with E-state index in [1.165, 1.54) is 0 Å². The molecule has 1 aliphatic rings. The molecule has 2 atom stereocenters.